The van der Waals surface area contributed by atoms with Gasteiger partial charge in [-0.1, -0.05) is 32.6 Å². The van der Waals surface area contributed by atoms with Gasteiger partial charge in [-0.25, -0.2) is 14.4 Å². The normalized spacial score (nSPS) is 30.0. The molecule has 3 unspecified atom stereocenters. The zero-order valence-electron chi connectivity index (χ0n) is 16.3. The first kappa shape index (κ1) is 20.5. The van der Waals surface area contributed by atoms with Gasteiger partial charge in [0.15, 0.2) is 12.0 Å². The van der Waals surface area contributed by atoms with Crippen molar-refractivity contribution in [1.82, 2.24) is 16.0 Å². The number of unbranched alkanes of at least 4 members (excludes halogenated alkanes) is 4. The van der Waals surface area contributed by atoms with Crippen LogP contribution in [0.25, 0.3) is 0 Å². The number of hydrogen-bond acceptors (Lipinski definition) is 9. The molecule has 1 fully saturated rings. The summed E-state index contributed by atoms with van der Waals surface area (Å²) in [5.41, 5.74) is 10.6. The van der Waals surface area contributed by atoms with E-state index in [4.69, 9.17) is 16.2 Å². The Bertz CT molecular complexity index is 666. The number of hydrogen-bond donors (Lipinski definition) is 7. The molecular weight excluding hydrogens is 366 g/mol. The van der Waals surface area contributed by atoms with Crippen molar-refractivity contribution in [2.24, 2.45) is 16.5 Å². The average molecular weight is 398 g/mol. The van der Waals surface area contributed by atoms with Gasteiger partial charge in [-0.15, -0.1) is 0 Å². The number of rotatable bonds is 8. The van der Waals surface area contributed by atoms with Crippen LogP contribution in [0.4, 0.5) is 4.79 Å². The Morgan fingerprint density at radius 2 is 2.11 bits per heavy atom. The van der Waals surface area contributed by atoms with Crippen LogP contribution in [0.5, 0.6) is 0 Å². The lowest BCUT2D eigenvalue weighted by Crippen LogP contribution is -2.77. The van der Waals surface area contributed by atoms with E-state index in [1.165, 1.54) is 12.8 Å². The molecule has 11 heteroatoms. The zero-order chi connectivity index (χ0) is 20.4. The van der Waals surface area contributed by atoms with E-state index < -0.39 is 29.6 Å². The fourth-order valence-electron chi connectivity index (χ4n) is 4.27. The van der Waals surface area contributed by atoms with Crippen molar-refractivity contribution in [1.29, 1.82) is 0 Å². The van der Waals surface area contributed by atoms with Gasteiger partial charge in [0.05, 0.1) is 6.54 Å². The van der Waals surface area contributed by atoms with Crippen molar-refractivity contribution in [2.45, 2.75) is 69.0 Å². The highest BCUT2D eigenvalue weighted by Gasteiger charge is 2.71. The molecule has 3 aliphatic rings. The summed E-state index contributed by atoms with van der Waals surface area (Å²) >= 11 is 0. The number of guanidine groups is 2. The molecule has 0 aromatic carbocycles. The number of nitrogens with one attached hydrogen (secondary N) is 3. The summed E-state index contributed by atoms with van der Waals surface area (Å²) in [7, 11) is 0. The maximum absolute atomic E-state index is 12.0. The molecule has 0 saturated carbocycles. The van der Waals surface area contributed by atoms with Gasteiger partial charge in [0.2, 0.25) is 11.4 Å². The molecule has 158 valence electrons. The van der Waals surface area contributed by atoms with Crippen LogP contribution in [-0.4, -0.2) is 76.0 Å². The summed E-state index contributed by atoms with van der Waals surface area (Å²) in [6.45, 7) is 2.99. The Labute approximate surface area is 164 Å². The first-order valence-corrected chi connectivity index (χ1v) is 9.95. The van der Waals surface area contributed by atoms with Gasteiger partial charge in [0.1, 0.15) is 12.6 Å². The SMILES string of the molecule is CCCCCCCNC(=O)OCC1NC(N)=[N+]2CCC(O)(O)C23NC(N)=NC13. The molecule has 1 saturated heterocycles. The Morgan fingerprint density at radius 3 is 2.86 bits per heavy atom. The molecule has 28 heavy (non-hydrogen) atoms. The largest absolute Gasteiger partial charge is 0.446 e. The highest BCUT2D eigenvalue weighted by molar-refractivity contribution is 5.83. The van der Waals surface area contributed by atoms with E-state index in [1.54, 1.807) is 4.58 Å². The summed E-state index contributed by atoms with van der Waals surface area (Å²) in [5, 5.41) is 29.8. The zero-order valence-corrected chi connectivity index (χ0v) is 16.3. The van der Waals surface area contributed by atoms with Crippen LogP contribution in [-0.2, 0) is 4.74 Å². The average Bonchev–Trinajstić information content (AvgIpc) is 3.13. The summed E-state index contributed by atoms with van der Waals surface area (Å²) in [5.74, 6) is -1.75. The third-order valence-corrected chi connectivity index (χ3v) is 5.69. The number of aliphatic imine (C=N–C) groups is 1. The Hall–Kier alpha value is -2.27. The monoisotopic (exact) mass is 398 g/mol. The van der Waals surface area contributed by atoms with Gasteiger partial charge < -0.3 is 31.3 Å². The van der Waals surface area contributed by atoms with Crippen molar-refractivity contribution < 1.29 is 24.3 Å². The van der Waals surface area contributed by atoms with Crippen molar-refractivity contribution in [3.05, 3.63) is 0 Å². The molecule has 9 N–H and O–H groups in total. The van der Waals surface area contributed by atoms with Crippen molar-refractivity contribution in [2.75, 3.05) is 19.7 Å². The van der Waals surface area contributed by atoms with Gasteiger partial charge in [0.25, 0.3) is 0 Å². The number of amides is 1. The van der Waals surface area contributed by atoms with E-state index in [0.29, 0.717) is 13.1 Å². The lowest BCUT2D eigenvalue weighted by atomic mass is 9.87. The fourth-order valence-corrected chi connectivity index (χ4v) is 4.27. The molecule has 3 aliphatic heterocycles. The Morgan fingerprint density at radius 1 is 1.36 bits per heavy atom. The summed E-state index contributed by atoms with van der Waals surface area (Å²) < 4.78 is 6.93. The second-order valence-electron chi connectivity index (χ2n) is 7.64. The van der Waals surface area contributed by atoms with Gasteiger partial charge >= 0.3 is 12.1 Å². The minimum Gasteiger partial charge on any atom is -0.446 e. The first-order valence-electron chi connectivity index (χ1n) is 9.95. The molecule has 3 rings (SSSR count). The van der Waals surface area contributed by atoms with Crippen LogP contribution < -0.4 is 27.4 Å². The molecule has 0 aromatic rings. The second kappa shape index (κ2) is 8.00. The number of carbonyl (C=O) groups is 1. The molecule has 11 nitrogen and oxygen atoms in total. The maximum Gasteiger partial charge on any atom is 0.407 e. The Balaban J connectivity index is 1.58. The maximum atomic E-state index is 12.0. The third kappa shape index (κ3) is 3.55. The number of ether oxygens (including phenoxy) is 1. The third-order valence-electron chi connectivity index (χ3n) is 5.69. The van der Waals surface area contributed by atoms with Crippen molar-refractivity contribution in [3.8, 4) is 0 Å². The van der Waals surface area contributed by atoms with Crippen LogP contribution in [0.15, 0.2) is 4.99 Å². The van der Waals surface area contributed by atoms with E-state index in [1.807, 2.05) is 0 Å². The van der Waals surface area contributed by atoms with Crippen LogP contribution in [0.2, 0.25) is 0 Å². The number of carbonyl (C=O) groups excluding carboxylic acids is 1. The quantitative estimate of drug-likeness (QED) is 0.140. The number of nitrogens with zero attached hydrogens (tertiary/aromatic N) is 2. The molecule has 0 aliphatic carbocycles. The molecule has 1 amide bonds. The van der Waals surface area contributed by atoms with E-state index in [9.17, 15) is 15.0 Å². The predicted molar refractivity (Wildman–Crippen MR) is 102 cm³/mol. The lowest BCUT2D eigenvalue weighted by Gasteiger charge is -2.42. The van der Waals surface area contributed by atoms with Gasteiger partial charge in [0, 0.05) is 13.0 Å². The van der Waals surface area contributed by atoms with E-state index in [0.717, 1.165) is 19.3 Å². The Kier molecular flexibility index (Phi) is 5.84. The van der Waals surface area contributed by atoms with Crippen molar-refractivity contribution in [3.63, 3.8) is 0 Å². The number of alkyl carbamates (subject to hydrolysis) is 1. The molecule has 0 bridgehead atoms. The van der Waals surface area contributed by atoms with Crippen LogP contribution in [0, 0.1) is 0 Å². The van der Waals surface area contributed by atoms with Crippen LogP contribution in [0.3, 0.4) is 0 Å². The van der Waals surface area contributed by atoms with E-state index in [-0.39, 0.29) is 24.9 Å². The van der Waals surface area contributed by atoms with Crippen LogP contribution >= 0.6 is 0 Å². The predicted octanol–water partition coefficient (Wildman–Crippen LogP) is -1.95. The van der Waals surface area contributed by atoms with Gasteiger partial charge in [-0.3, -0.25) is 11.1 Å². The highest BCUT2D eigenvalue weighted by atomic mass is 16.5. The first-order chi connectivity index (χ1) is 13.3. The summed E-state index contributed by atoms with van der Waals surface area (Å²) in [6.07, 6.45) is 5.05. The molecule has 3 atom stereocenters. The minimum absolute atomic E-state index is 0.0445. The van der Waals surface area contributed by atoms with Gasteiger partial charge in [-0.05, 0) is 6.42 Å². The summed E-state index contributed by atoms with van der Waals surface area (Å²) in [6, 6.07) is -1.25. The summed E-state index contributed by atoms with van der Waals surface area (Å²) in [4.78, 5) is 16.3. The fraction of sp³-hybridized carbons (Fsp3) is 0.824. The van der Waals surface area contributed by atoms with Crippen molar-refractivity contribution >= 4 is 18.0 Å². The molecule has 0 aromatic heterocycles. The topological polar surface area (TPSA) is 170 Å². The van der Waals surface area contributed by atoms with Gasteiger partial charge in [-0.2, -0.15) is 0 Å². The lowest BCUT2D eigenvalue weighted by molar-refractivity contribution is -0.623. The smallest absolute Gasteiger partial charge is 0.407 e. The van der Waals surface area contributed by atoms with E-state index >= 15 is 0 Å². The minimum atomic E-state index is -2.09. The van der Waals surface area contributed by atoms with E-state index in [2.05, 4.69) is 27.9 Å². The molecule has 3 heterocycles. The standard InChI is InChI=1S/C17H31N7O4/c1-2-3-4-5-6-8-20-15(25)28-10-11-12-17(23-13(18)22-12)16(26,27)7-9-24(17)14(19)21-11/h11-12,26-27H,2-10H2,1H3,(H6,18,19,20,21,22,23,25)/p+1. The molecular formula is C17H32N7O4+. The number of nitrogens with two attached hydrogens (primary N) is 2. The highest BCUT2D eigenvalue weighted by Crippen LogP contribution is 2.40. The molecule has 0 radical (unpaired) electrons. The number of aliphatic hydroxyl groups is 2. The van der Waals surface area contributed by atoms with Crippen LogP contribution in [0.1, 0.15) is 45.4 Å². The second-order valence-corrected chi connectivity index (χ2v) is 7.64. The molecule has 1 spiro atoms.